The normalized spacial score (nSPS) is 11.6. The second-order valence-corrected chi connectivity index (χ2v) is 3.76. The van der Waals surface area contributed by atoms with Crippen LogP contribution in [-0.2, 0) is 4.74 Å². The number of amides is 1. The molecular weight excluding hydrogens is 248 g/mol. The van der Waals surface area contributed by atoms with E-state index < -0.39 is 6.09 Å². The summed E-state index contributed by atoms with van der Waals surface area (Å²) in [7, 11) is 3.13. The summed E-state index contributed by atoms with van der Waals surface area (Å²) >= 11 is 0. The van der Waals surface area contributed by atoms with Crippen molar-refractivity contribution in [1.82, 2.24) is 5.32 Å². The van der Waals surface area contributed by atoms with Crippen LogP contribution in [0, 0.1) is 0 Å². The summed E-state index contributed by atoms with van der Waals surface area (Å²) < 4.78 is 15.2. The average Bonchev–Trinajstić information content (AvgIpc) is 2.44. The molecule has 1 aromatic carbocycles. The lowest BCUT2D eigenvalue weighted by molar-refractivity contribution is 0.148. The van der Waals surface area contributed by atoms with Gasteiger partial charge in [-0.05, 0) is 19.1 Å². The maximum absolute atomic E-state index is 11.5. The monoisotopic (exact) mass is 268 g/mol. The molecular formula is C13H20N2O4. The van der Waals surface area contributed by atoms with Crippen molar-refractivity contribution >= 4 is 6.09 Å². The van der Waals surface area contributed by atoms with E-state index in [9.17, 15) is 4.79 Å². The largest absolute Gasteiger partial charge is 0.497 e. The Morgan fingerprint density at radius 2 is 2.11 bits per heavy atom. The Balaban J connectivity index is 2.94. The van der Waals surface area contributed by atoms with Crippen molar-refractivity contribution in [2.75, 3.05) is 27.4 Å². The lowest BCUT2D eigenvalue weighted by Gasteiger charge is -2.19. The Kier molecular flexibility index (Phi) is 5.95. The summed E-state index contributed by atoms with van der Waals surface area (Å²) in [4.78, 5) is 11.5. The van der Waals surface area contributed by atoms with Gasteiger partial charge in [0.25, 0.3) is 0 Å². The number of ether oxygens (including phenoxy) is 3. The van der Waals surface area contributed by atoms with Crippen LogP contribution < -0.4 is 20.5 Å². The molecule has 0 aliphatic rings. The topological polar surface area (TPSA) is 82.8 Å². The van der Waals surface area contributed by atoms with Gasteiger partial charge in [-0.15, -0.1) is 0 Å². The first-order valence-electron chi connectivity index (χ1n) is 6.01. The van der Waals surface area contributed by atoms with Crippen molar-refractivity contribution in [1.29, 1.82) is 0 Å². The highest BCUT2D eigenvalue weighted by atomic mass is 16.5. The van der Waals surface area contributed by atoms with E-state index in [1.807, 2.05) is 0 Å². The maximum atomic E-state index is 11.5. The van der Waals surface area contributed by atoms with E-state index in [1.165, 1.54) is 0 Å². The van der Waals surface area contributed by atoms with Crippen LogP contribution in [0.2, 0.25) is 0 Å². The molecule has 0 saturated carbocycles. The zero-order valence-corrected chi connectivity index (χ0v) is 11.4. The van der Waals surface area contributed by atoms with E-state index in [4.69, 9.17) is 19.9 Å². The molecule has 0 aromatic heterocycles. The van der Waals surface area contributed by atoms with Crippen LogP contribution in [0.5, 0.6) is 11.5 Å². The molecule has 1 atom stereocenters. The number of hydrogen-bond donors (Lipinski definition) is 2. The summed E-state index contributed by atoms with van der Waals surface area (Å²) in [6, 6.07) is 4.96. The average molecular weight is 268 g/mol. The molecule has 0 radical (unpaired) electrons. The Hall–Kier alpha value is -1.95. The summed E-state index contributed by atoms with van der Waals surface area (Å²) in [6.07, 6.45) is -0.504. The van der Waals surface area contributed by atoms with Crippen molar-refractivity contribution in [2.45, 2.75) is 13.0 Å². The minimum absolute atomic E-state index is 0.238. The molecule has 0 bridgehead atoms. The molecule has 3 N–H and O–H groups in total. The van der Waals surface area contributed by atoms with Crippen molar-refractivity contribution < 1.29 is 19.0 Å². The number of benzene rings is 1. The predicted molar refractivity (Wildman–Crippen MR) is 71.5 cm³/mol. The molecule has 1 amide bonds. The van der Waals surface area contributed by atoms with Crippen molar-refractivity contribution in [3.63, 3.8) is 0 Å². The van der Waals surface area contributed by atoms with Gasteiger partial charge >= 0.3 is 6.09 Å². The number of nitrogens with one attached hydrogen (secondary N) is 1. The molecule has 0 aliphatic heterocycles. The Morgan fingerprint density at radius 3 is 2.63 bits per heavy atom. The van der Waals surface area contributed by atoms with Gasteiger partial charge in [0.05, 0.1) is 26.9 Å². The molecule has 0 fully saturated rings. The lowest BCUT2D eigenvalue weighted by atomic mass is 10.1. The van der Waals surface area contributed by atoms with Gasteiger partial charge in [0.2, 0.25) is 0 Å². The van der Waals surface area contributed by atoms with Gasteiger partial charge in [0, 0.05) is 18.2 Å². The molecule has 6 heteroatoms. The predicted octanol–water partition coefficient (Wildman–Crippen LogP) is 1.45. The Labute approximate surface area is 112 Å². The highest BCUT2D eigenvalue weighted by Gasteiger charge is 2.18. The third kappa shape index (κ3) is 4.03. The van der Waals surface area contributed by atoms with Crippen LogP contribution in [0.4, 0.5) is 4.79 Å². The molecule has 19 heavy (non-hydrogen) atoms. The Bertz CT molecular complexity index is 423. The molecule has 106 valence electrons. The molecule has 0 spiro atoms. The van der Waals surface area contributed by atoms with Gasteiger partial charge in [-0.3, -0.25) is 0 Å². The number of rotatable bonds is 6. The second-order valence-electron chi connectivity index (χ2n) is 3.76. The molecule has 0 heterocycles. The number of alkyl carbamates (subject to hydrolysis) is 1. The fourth-order valence-corrected chi connectivity index (χ4v) is 1.68. The number of carbonyl (C=O) groups excluding carboxylic acids is 1. The standard InChI is InChI=1S/C13H20N2O4/c1-4-19-13(16)15-11(8-14)10-6-5-9(17-2)7-12(10)18-3/h5-7,11H,4,8,14H2,1-3H3,(H,15,16). The minimum atomic E-state index is -0.504. The van der Waals surface area contributed by atoms with Gasteiger partial charge in [-0.25, -0.2) is 4.79 Å². The maximum Gasteiger partial charge on any atom is 0.407 e. The Morgan fingerprint density at radius 1 is 1.37 bits per heavy atom. The number of methoxy groups -OCH3 is 2. The van der Waals surface area contributed by atoms with Crippen molar-refractivity contribution in [3.8, 4) is 11.5 Å². The highest BCUT2D eigenvalue weighted by molar-refractivity contribution is 5.68. The third-order valence-corrected chi connectivity index (χ3v) is 2.62. The first kappa shape index (κ1) is 15.1. The van der Waals surface area contributed by atoms with Crippen LogP contribution in [-0.4, -0.2) is 33.5 Å². The van der Waals surface area contributed by atoms with Gasteiger partial charge in [-0.2, -0.15) is 0 Å². The number of hydrogen-bond acceptors (Lipinski definition) is 5. The zero-order valence-electron chi connectivity index (χ0n) is 11.4. The van der Waals surface area contributed by atoms with Gasteiger partial charge < -0.3 is 25.3 Å². The van der Waals surface area contributed by atoms with E-state index in [0.717, 1.165) is 5.56 Å². The summed E-state index contributed by atoms with van der Waals surface area (Å²) in [6.45, 7) is 2.29. The first-order valence-corrected chi connectivity index (χ1v) is 6.01. The second kappa shape index (κ2) is 7.48. The molecule has 6 nitrogen and oxygen atoms in total. The lowest BCUT2D eigenvalue weighted by Crippen LogP contribution is -2.34. The number of nitrogens with two attached hydrogens (primary N) is 1. The minimum Gasteiger partial charge on any atom is -0.497 e. The van der Waals surface area contributed by atoms with Gasteiger partial charge in [0.1, 0.15) is 11.5 Å². The van der Waals surface area contributed by atoms with Crippen LogP contribution in [0.15, 0.2) is 18.2 Å². The zero-order chi connectivity index (χ0) is 14.3. The van der Waals surface area contributed by atoms with E-state index in [1.54, 1.807) is 39.3 Å². The smallest absolute Gasteiger partial charge is 0.407 e. The first-order chi connectivity index (χ1) is 9.15. The summed E-state index contributed by atoms with van der Waals surface area (Å²) in [5, 5.41) is 2.69. The van der Waals surface area contributed by atoms with E-state index in [2.05, 4.69) is 5.32 Å². The van der Waals surface area contributed by atoms with Crippen LogP contribution in [0.1, 0.15) is 18.5 Å². The van der Waals surface area contributed by atoms with E-state index >= 15 is 0 Å². The van der Waals surface area contributed by atoms with Crippen molar-refractivity contribution in [3.05, 3.63) is 23.8 Å². The summed E-state index contributed by atoms with van der Waals surface area (Å²) in [5.74, 6) is 1.28. The van der Waals surface area contributed by atoms with Gasteiger partial charge in [0.15, 0.2) is 0 Å². The van der Waals surface area contributed by atoms with Crippen LogP contribution in [0.25, 0.3) is 0 Å². The fourth-order valence-electron chi connectivity index (χ4n) is 1.68. The molecule has 0 aliphatic carbocycles. The SMILES string of the molecule is CCOC(=O)NC(CN)c1ccc(OC)cc1OC. The van der Waals surface area contributed by atoms with Crippen molar-refractivity contribution in [2.24, 2.45) is 5.73 Å². The molecule has 1 unspecified atom stereocenters. The molecule has 1 rings (SSSR count). The van der Waals surface area contributed by atoms with Gasteiger partial charge in [-0.1, -0.05) is 0 Å². The van der Waals surface area contributed by atoms with E-state index in [0.29, 0.717) is 18.1 Å². The summed E-state index contributed by atoms with van der Waals surface area (Å²) in [5.41, 5.74) is 6.46. The van der Waals surface area contributed by atoms with Crippen LogP contribution in [0.3, 0.4) is 0 Å². The third-order valence-electron chi connectivity index (χ3n) is 2.62. The van der Waals surface area contributed by atoms with E-state index in [-0.39, 0.29) is 12.6 Å². The quantitative estimate of drug-likeness (QED) is 0.816. The van der Waals surface area contributed by atoms with Crippen LogP contribution >= 0.6 is 0 Å². The number of carbonyl (C=O) groups is 1. The molecule has 0 saturated heterocycles. The highest BCUT2D eigenvalue weighted by Crippen LogP contribution is 2.29. The molecule has 1 aromatic rings. The fraction of sp³-hybridized carbons (Fsp3) is 0.462.